The molecule has 0 aliphatic heterocycles. The summed E-state index contributed by atoms with van der Waals surface area (Å²) in [6, 6.07) is 1.55. The summed E-state index contributed by atoms with van der Waals surface area (Å²) in [5, 5.41) is 7.33. The zero-order chi connectivity index (χ0) is 18.8. The van der Waals surface area contributed by atoms with E-state index in [1.54, 1.807) is 0 Å². The number of aliphatic imine (C=N–C) groups is 1. The molecule has 156 valence electrons. The lowest BCUT2D eigenvalue weighted by atomic mass is 9.95. The summed E-state index contributed by atoms with van der Waals surface area (Å²) in [6.45, 7) is 13.1. The lowest BCUT2D eigenvalue weighted by Crippen LogP contribution is -2.47. The van der Waals surface area contributed by atoms with Crippen molar-refractivity contribution in [2.75, 3.05) is 25.9 Å². The molecule has 0 bridgehead atoms. The summed E-state index contributed by atoms with van der Waals surface area (Å²) < 4.78 is 12.1. The van der Waals surface area contributed by atoms with Gasteiger partial charge in [-0.15, -0.1) is 24.0 Å². The van der Waals surface area contributed by atoms with Crippen LogP contribution in [0.15, 0.2) is 4.99 Å². The van der Waals surface area contributed by atoms with Gasteiger partial charge in [-0.2, -0.15) is 0 Å². The summed E-state index contributed by atoms with van der Waals surface area (Å²) in [5.41, 5.74) is 0. The first-order chi connectivity index (χ1) is 11.9. The molecule has 0 aromatic carbocycles. The van der Waals surface area contributed by atoms with Crippen LogP contribution in [0, 0.1) is 0 Å². The average molecular weight is 501 g/mol. The Labute approximate surface area is 181 Å². The van der Waals surface area contributed by atoms with Gasteiger partial charge in [-0.05, 0) is 53.4 Å². The standard InChI is InChI=1S/C19H40N4OS.HI/c1-7-25(24)18-11-8-10-17(14-18)22-19(20-6)21-12-9-13-23(15(2)3)16(4)5;/h15-18H,7-14H2,1-6H3,(H2,20,21,22);1H. The highest BCUT2D eigenvalue weighted by Crippen LogP contribution is 2.22. The molecular formula is C19H41IN4OS. The minimum absolute atomic E-state index is 0. The maximum absolute atomic E-state index is 12.1. The molecule has 7 heteroatoms. The maximum Gasteiger partial charge on any atom is 0.191 e. The van der Waals surface area contributed by atoms with E-state index in [1.807, 2.05) is 14.0 Å². The number of guanidine groups is 1. The number of hydrogen-bond acceptors (Lipinski definition) is 3. The van der Waals surface area contributed by atoms with Gasteiger partial charge in [-0.1, -0.05) is 13.3 Å². The van der Waals surface area contributed by atoms with Gasteiger partial charge >= 0.3 is 0 Å². The second-order valence-electron chi connectivity index (χ2n) is 7.58. The topological polar surface area (TPSA) is 56.7 Å². The molecule has 0 heterocycles. The second-order valence-corrected chi connectivity index (χ2v) is 9.58. The maximum atomic E-state index is 12.1. The molecule has 3 unspecified atom stereocenters. The minimum atomic E-state index is -0.678. The van der Waals surface area contributed by atoms with Gasteiger partial charge in [0.2, 0.25) is 0 Å². The molecule has 0 saturated heterocycles. The minimum Gasteiger partial charge on any atom is -0.356 e. The predicted octanol–water partition coefficient (Wildman–Crippen LogP) is 3.36. The molecule has 0 spiro atoms. The summed E-state index contributed by atoms with van der Waals surface area (Å²) in [5.74, 6) is 1.65. The Hall–Kier alpha value is 0.110. The van der Waals surface area contributed by atoms with Crippen molar-refractivity contribution in [2.45, 2.75) is 90.1 Å². The van der Waals surface area contributed by atoms with Crippen molar-refractivity contribution >= 4 is 40.7 Å². The number of nitrogens with one attached hydrogen (secondary N) is 2. The Bertz CT molecular complexity index is 424. The van der Waals surface area contributed by atoms with Crippen molar-refractivity contribution in [1.82, 2.24) is 15.5 Å². The zero-order valence-corrected chi connectivity index (χ0v) is 20.7. The molecule has 1 saturated carbocycles. The van der Waals surface area contributed by atoms with Crippen molar-refractivity contribution in [3.05, 3.63) is 0 Å². The van der Waals surface area contributed by atoms with E-state index in [2.05, 4.69) is 48.2 Å². The highest BCUT2D eigenvalue weighted by molar-refractivity contribution is 14.0. The van der Waals surface area contributed by atoms with Crippen LogP contribution in [0.4, 0.5) is 0 Å². The summed E-state index contributed by atoms with van der Waals surface area (Å²) in [7, 11) is 1.15. The quantitative estimate of drug-likeness (QED) is 0.221. The van der Waals surface area contributed by atoms with E-state index in [1.165, 1.54) is 0 Å². The first-order valence-electron chi connectivity index (χ1n) is 9.99. The fourth-order valence-electron chi connectivity index (χ4n) is 3.72. The zero-order valence-electron chi connectivity index (χ0n) is 17.6. The van der Waals surface area contributed by atoms with Crippen molar-refractivity contribution in [3.8, 4) is 0 Å². The first-order valence-corrected chi connectivity index (χ1v) is 11.4. The van der Waals surface area contributed by atoms with Gasteiger partial charge in [0, 0.05) is 60.1 Å². The molecule has 1 aliphatic rings. The van der Waals surface area contributed by atoms with Gasteiger partial charge in [-0.3, -0.25) is 14.1 Å². The fraction of sp³-hybridized carbons (Fsp3) is 0.947. The predicted molar refractivity (Wildman–Crippen MR) is 126 cm³/mol. The molecule has 3 atom stereocenters. The largest absolute Gasteiger partial charge is 0.356 e. The molecule has 1 aliphatic carbocycles. The van der Waals surface area contributed by atoms with Crippen molar-refractivity contribution < 1.29 is 4.21 Å². The normalized spacial score (nSPS) is 22.4. The number of rotatable bonds is 9. The van der Waals surface area contributed by atoms with Crippen LogP contribution in [-0.4, -0.2) is 64.3 Å². The number of hydrogen-bond donors (Lipinski definition) is 2. The van der Waals surface area contributed by atoms with E-state index >= 15 is 0 Å². The van der Waals surface area contributed by atoms with E-state index in [9.17, 15) is 4.21 Å². The SMILES string of the molecule is CCS(=O)C1CCCC(NC(=NC)NCCCN(C(C)C)C(C)C)C1.I. The van der Waals surface area contributed by atoms with E-state index < -0.39 is 10.8 Å². The Balaban J connectivity index is 0.00000625. The molecule has 1 fully saturated rings. The van der Waals surface area contributed by atoms with Crippen LogP contribution in [0.5, 0.6) is 0 Å². The van der Waals surface area contributed by atoms with Gasteiger partial charge in [0.15, 0.2) is 5.96 Å². The molecule has 0 radical (unpaired) electrons. The van der Waals surface area contributed by atoms with Crippen LogP contribution in [0.1, 0.15) is 66.7 Å². The lowest BCUT2D eigenvalue weighted by Gasteiger charge is -2.31. The van der Waals surface area contributed by atoms with Gasteiger partial charge in [0.25, 0.3) is 0 Å². The molecule has 0 aromatic heterocycles. The van der Waals surface area contributed by atoms with E-state index in [-0.39, 0.29) is 24.0 Å². The number of halogens is 1. The Morgan fingerprint density at radius 1 is 1.23 bits per heavy atom. The van der Waals surface area contributed by atoms with Gasteiger partial charge < -0.3 is 10.6 Å². The van der Waals surface area contributed by atoms with Gasteiger partial charge in [0.05, 0.1) is 0 Å². The highest BCUT2D eigenvalue weighted by atomic mass is 127. The molecule has 0 amide bonds. The smallest absolute Gasteiger partial charge is 0.191 e. The third-order valence-corrected chi connectivity index (χ3v) is 6.80. The van der Waals surface area contributed by atoms with E-state index in [0.717, 1.165) is 56.9 Å². The molecule has 2 N–H and O–H groups in total. The Morgan fingerprint density at radius 2 is 1.88 bits per heavy atom. The van der Waals surface area contributed by atoms with Gasteiger partial charge in [0.1, 0.15) is 0 Å². The third kappa shape index (κ3) is 9.35. The lowest BCUT2D eigenvalue weighted by molar-refractivity contribution is 0.173. The highest BCUT2D eigenvalue weighted by Gasteiger charge is 2.26. The van der Waals surface area contributed by atoms with Crippen molar-refractivity contribution in [3.63, 3.8) is 0 Å². The summed E-state index contributed by atoms with van der Waals surface area (Å²) in [4.78, 5) is 6.88. The number of nitrogens with zero attached hydrogens (tertiary/aromatic N) is 2. The summed E-state index contributed by atoms with van der Waals surface area (Å²) >= 11 is 0. The molecule has 5 nitrogen and oxygen atoms in total. The average Bonchev–Trinajstić information content (AvgIpc) is 2.59. The first kappa shape index (κ1) is 26.1. The Kier molecular flexibility index (Phi) is 14.2. The van der Waals surface area contributed by atoms with Gasteiger partial charge in [-0.25, -0.2) is 0 Å². The van der Waals surface area contributed by atoms with Crippen LogP contribution in [0.3, 0.4) is 0 Å². The van der Waals surface area contributed by atoms with E-state index in [4.69, 9.17) is 0 Å². The van der Waals surface area contributed by atoms with E-state index in [0.29, 0.717) is 23.4 Å². The molecular weight excluding hydrogens is 459 g/mol. The third-order valence-electron chi connectivity index (χ3n) is 5.06. The van der Waals surface area contributed by atoms with Crippen molar-refractivity contribution in [2.24, 2.45) is 4.99 Å². The monoisotopic (exact) mass is 500 g/mol. The fourth-order valence-corrected chi connectivity index (χ4v) is 5.07. The molecule has 26 heavy (non-hydrogen) atoms. The van der Waals surface area contributed by atoms with Crippen molar-refractivity contribution in [1.29, 1.82) is 0 Å². The summed E-state index contributed by atoms with van der Waals surface area (Å²) in [6.07, 6.45) is 5.50. The van der Waals surface area contributed by atoms with Crippen LogP contribution >= 0.6 is 24.0 Å². The second kappa shape index (κ2) is 14.2. The molecule has 0 aromatic rings. The van der Waals surface area contributed by atoms with Crippen LogP contribution in [-0.2, 0) is 10.8 Å². The van der Waals surface area contributed by atoms with Crippen LogP contribution < -0.4 is 10.6 Å². The molecule has 1 rings (SSSR count). The van der Waals surface area contributed by atoms with Crippen LogP contribution in [0.2, 0.25) is 0 Å². The van der Waals surface area contributed by atoms with Crippen LogP contribution in [0.25, 0.3) is 0 Å². The Morgan fingerprint density at radius 3 is 2.42 bits per heavy atom.